The van der Waals surface area contributed by atoms with Crippen LogP contribution in [-0.4, -0.2) is 109 Å². The van der Waals surface area contributed by atoms with Crippen LogP contribution >= 0.6 is 0 Å². The molecule has 5 N–H and O–H groups in total. The van der Waals surface area contributed by atoms with E-state index in [1.807, 2.05) is 44.2 Å². The van der Waals surface area contributed by atoms with Crippen LogP contribution in [0.5, 0.6) is 5.88 Å². The molecule has 1 amide bonds. The van der Waals surface area contributed by atoms with E-state index < -0.39 is 34.4 Å². The van der Waals surface area contributed by atoms with Gasteiger partial charge in [0.1, 0.15) is 6.10 Å². The van der Waals surface area contributed by atoms with Crippen molar-refractivity contribution in [2.24, 2.45) is 16.8 Å². The first-order valence-corrected chi connectivity index (χ1v) is 18.9. The number of H-pyrrole nitrogens is 1. The minimum atomic E-state index is -4.15. The van der Waals surface area contributed by atoms with Crippen LogP contribution in [-0.2, 0) is 30.7 Å². The van der Waals surface area contributed by atoms with Crippen molar-refractivity contribution >= 4 is 33.2 Å². The maximum absolute atomic E-state index is 14.2. The van der Waals surface area contributed by atoms with Gasteiger partial charge in [-0.1, -0.05) is 57.0 Å². The van der Waals surface area contributed by atoms with E-state index in [9.17, 15) is 23.4 Å². The minimum Gasteiger partial charge on any atom is -0.494 e. The number of fused-ring (bicyclic) bond motifs is 2. The molecule has 2 unspecified atom stereocenters. The maximum Gasteiger partial charge on any atom is 0.407 e. The number of ether oxygens (including phenoxy) is 3. The van der Waals surface area contributed by atoms with Gasteiger partial charge in [-0.05, 0) is 55.4 Å². The largest absolute Gasteiger partial charge is 0.494 e. The van der Waals surface area contributed by atoms with Crippen molar-refractivity contribution in [3.05, 3.63) is 59.7 Å². The Bertz CT molecular complexity index is 1680. The van der Waals surface area contributed by atoms with Gasteiger partial charge in [0.05, 0.1) is 41.7 Å². The molecule has 0 saturated carbocycles. The first-order chi connectivity index (χ1) is 24.1. The molecule has 3 heterocycles. The van der Waals surface area contributed by atoms with Crippen molar-refractivity contribution < 1.29 is 42.7 Å². The summed E-state index contributed by atoms with van der Waals surface area (Å²) in [5, 5.41) is 34.5. The molecule has 0 aliphatic carbocycles. The number of aliphatic hydroxyl groups is 2. The third kappa shape index (κ3) is 9.62. The summed E-state index contributed by atoms with van der Waals surface area (Å²) in [5.41, 5.74) is 1.78. The van der Waals surface area contributed by atoms with Crippen LogP contribution in [0.15, 0.2) is 58.4 Å². The summed E-state index contributed by atoms with van der Waals surface area (Å²) in [6.07, 6.45) is 3.02. The quantitative estimate of drug-likeness (QED) is 0.0962. The molecule has 2 fully saturated rings. The number of amides is 1. The third-order valence-corrected chi connectivity index (χ3v) is 10.9. The van der Waals surface area contributed by atoms with E-state index >= 15 is 0 Å². The second-order valence-electron chi connectivity index (χ2n) is 13.5. The van der Waals surface area contributed by atoms with Gasteiger partial charge in [0.25, 0.3) is 0 Å². The average molecular weight is 715 g/mol. The number of aromatic nitrogens is 1. The lowest BCUT2D eigenvalue weighted by Crippen LogP contribution is -2.51. The van der Waals surface area contributed by atoms with E-state index in [1.165, 1.54) is 16.4 Å². The fourth-order valence-electron chi connectivity index (χ4n) is 6.48. The lowest BCUT2D eigenvalue weighted by molar-refractivity contribution is -0.0907. The number of sulfonamides is 1. The molecular weight excluding hydrogens is 664 g/mol. The van der Waals surface area contributed by atoms with E-state index in [-0.39, 0.29) is 61.6 Å². The van der Waals surface area contributed by atoms with Crippen LogP contribution in [0.25, 0.3) is 10.9 Å². The molecule has 0 radical (unpaired) electrons. The number of benzene rings is 2. The molecule has 13 nitrogen and oxygen atoms in total. The maximum atomic E-state index is 14.2. The number of hydrogen-bond acceptors (Lipinski definition) is 10. The smallest absolute Gasteiger partial charge is 0.407 e. The Morgan fingerprint density at radius 1 is 1.12 bits per heavy atom. The summed E-state index contributed by atoms with van der Waals surface area (Å²) in [5.74, 6) is -0.250. The van der Waals surface area contributed by atoms with Crippen LogP contribution in [0.4, 0.5) is 4.79 Å². The van der Waals surface area contributed by atoms with Crippen LogP contribution in [0.1, 0.15) is 57.1 Å². The number of carbonyl (C=O) groups excluding carboxylic acids is 1. The molecule has 2 aromatic carbocycles. The second kappa shape index (κ2) is 17.6. The molecule has 2 aliphatic heterocycles. The highest BCUT2D eigenvalue weighted by atomic mass is 32.2. The van der Waals surface area contributed by atoms with E-state index in [4.69, 9.17) is 19.3 Å². The number of hydrogen-bond donors (Lipinski definition) is 5. The summed E-state index contributed by atoms with van der Waals surface area (Å²) in [4.78, 5) is 20.5. The number of aliphatic hydroxyl groups excluding tert-OH is 2. The molecule has 274 valence electrons. The molecule has 0 spiro atoms. The highest BCUT2D eigenvalue weighted by Gasteiger charge is 2.44. The Labute approximate surface area is 293 Å². The minimum absolute atomic E-state index is 0.00273. The summed E-state index contributed by atoms with van der Waals surface area (Å²) >= 11 is 0. The number of carbonyl (C=O) groups is 1. The van der Waals surface area contributed by atoms with Crippen molar-refractivity contribution in [1.29, 1.82) is 0 Å². The third-order valence-electron chi connectivity index (χ3n) is 9.11. The topological polar surface area (TPSA) is 183 Å². The van der Waals surface area contributed by atoms with Crippen LogP contribution in [0.3, 0.4) is 0 Å². The monoisotopic (exact) mass is 714 g/mol. The Balaban J connectivity index is 1.34. The molecule has 1 aromatic heterocycles. The van der Waals surface area contributed by atoms with Gasteiger partial charge < -0.3 is 39.8 Å². The van der Waals surface area contributed by atoms with E-state index in [0.717, 1.165) is 37.7 Å². The fourth-order valence-corrected chi connectivity index (χ4v) is 8.13. The first kappa shape index (κ1) is 37.7. The molecule has 14 heteroatoms. The first-order valence-electron chi connectivity index (χ1n) is 17.4. The number of alkyl carbamates (subject to hydrolysis) is 1. The van der Waals surface area contributed by atoms with Gasteiger partial charge in [0.15, 0.2) is 12.2 Å². The standard InChI is InChI=1S/C36H50N4O9S/c1-24(2)21-40(50(45,46)26-12-13-30-28(19-26)29(34(43)38-30)20-37-15-8-3-4-9-16-41)22-32(42)31(18-25-10-6-5-7-11-25)39-36(44)49-33-23-48-35-27(33)14-17-47-35/h5-7,10-13,19-20,24,27,31-33,35,38,41-43H,3-4,8-9,14-18,21-23H2,1-2H3,(H,39,44)/t27?,31-,32+,33-,35?/m0/s1. The fraction of sp³-hybridized carbons (Fsp3) is 0.556. The summed E-state index contributed by atoms with van der Waals surface area (Å²) < 4.78 is 46.6. The van der Waals surface area contributed by atoms with Gasteiger partial charge in [-0.25, -0.2) is 13.2 Å². The van der Waals surface area contributed by atoms with Crippen molar-refractivity contribution in [2.75, 3.05) is 39.5 Å². The highest BCUT2D eigenvalue weighted by molar-refractivity contribution is 7.89. The van der Waals surface area contributed by atoms with Crippen LogP contribution in [0, 0.1) is 11.8 Å². The molecule has 0 bridgehead atoms. The zero-order valence-corrected chi connectivity index (χ0v) is 29.6. The summed E-state index contributed by atoms with van der Waals surface area (Å²) in [6, 6.07) is 13.0. The van der Waals surface area contributed by atoms with Crippen molar-refractivity contribution in [2.45, 2.75) is 81.8 Å². The number of aromatic amines is 1. The molecule has 5 atom stereocenters. The second-order valence-corrected chi connectivity index (χ2v) is 15.4. The van der Waals surface area contributed by atoms with Crippen LogP contribution in [0.2, 0.25) is 0 Å². The molecule has 2 saturated heterocycles. The van der Waals surface area contributed by atoms with Gasteiger partial charge >= 0.3 is 6.09 Å². The van der Waals surface area contributed by atoms with Gasteiger partial charge in [-0.3, -0.25) is 4.99 Å². The van der Waals surface area contributed by atoms with E-state index in [1.54, 1.807) is 12.3 Å². The van der Waals surface area contributed by atoms with E-state index in [2.05, 4.69) is 15.3 Å². The Morgan fingerprint density at radius 3 is 2.66 bits per heavy atom. The normalized spacial score (nSPS) is 20.6. The van der Waals surface area contributed by atoms with Gasteiger partial charge in [0, 0.05) is 43.4 Å². The Morgan fingerprint density at radius 2 is 1.90 bits per heavy atom. The zero-order chi connectivity index (χ0) is 35.7. The highest BCUT2D eigenvalue weighted by Crippen LogP contribution is 2.33. The zero-order valence-electron chi connectivity index (χ0n) is 28.7. The number of aromatic hydroxyl groups is 1. The molecular formula is C36H50N4O9S. The Kier molecular flexibility index (Phi) is 13.3. The van der Waals surface area contributed by atoms with Gasteiger partial charge in [-0.15, -0.1) is 0 Å². The number of aliphatic imine (C=N–C) groups is 1. The number of rotatable bonds is 18. The SMILES string of the molecule is CC(C)CN(C[C@@H](O)[C@H](Cc1ccccc1)NC(=O)O[C@H]1COC2OCCC21)S(=O)(=O)c1ccc2[nH]c(O)c(C=NCCCCCCO)c2c1. The van der Waals surface area contributed by atoms with Crippen molar-refractivity contribution in [1.82, 2.24) is 14.6 Å². The molecule has 3 aromatic rings. The molecule has 5 rings (SSSR count). The Hall–Kier alpha value is -3.53. The average Bonchev–Trinajstić information content (AvgIpc) is 3.79. The summed E-state index contributed by atoms with van der Waals surface area (Å²) in [6.45, 7) is 5.06. The number of nitrogens with one attached hydrogen (secondary N) is 2. The molecule has 50 heavy (non-hydrogen) atoms. The molecule has 2 aliphatic rings. The lowest BCUT2D eigenvalue weighted by Gasteiger charge is -2.31. The van der Waals surface area contributed by atoms with Gasteiger partial charge in [-0.2, -0.15) is 4.31 Å². The van der Waals surface area contributed by atoms with Crippen LogP contribution < -0.4 is 5.32 Å². The lowest BCUT2D eigenvalue weighted by atomic mass is 10.0. The number of unbranched alkanes of at least 4 members (excludes halogenated alkanes) is 3. The van der Waals surface area contributed by atoms with E-state index in [0.29, 0.717) is 29.6 Å². The van der Waals surface area contributed by atoms with Crippen molar-refractivity contribution in [3.8, 4) is 5.88 Å². The van der Waals surface area contributed by atoms with Gasteiger partial charge in [0.2, 0.25) is 10.0 Å². The predicted molar refractivity (Wildman–Crippen MR) is 189 cm³/mol. The predicted octanol–water partition coefficient (Wildman–Crippen LogP) is 3.95. The number of nitrogens with zero attached hydrogens (tertiary/aromatic N) is 2. The summed E-state index contributed by atoms with van der Waals surface area (Å²) in [7, 11) is -4.15. The van der Waals surface area contributed by atoms with Crippen molar-refractivity contribution in [3.63, 3.8) is 0 Å².